The number of hydrogen-bond acceptors (Lipinski definition) is 6. The third-order valence-corrected chi connectivity index (χ3v) is 2.62. The van der Waals surface area contributed by atoms with E-state index in [4.69, 9.17) is 23.7 Å². The van der Waals surface area contributed by atoms with Gasteiger partial charge in [0.2, 0.25) is 0 Å². The molecule has 6 heteroatoms. The van der Waals surface area contributed by atoms with Crippen LogP contribution < -0.4 is 0 Å². The summed E-state index contributed by atoms with van der Waals surface area (Å²) in [4.78, 5) is 11.6. The average molecular weight is 234 g/mol. The van der Waals surface area contributed by atoms with Gasteiger partial charge in [-0.1, -0.05) is 0 Å². The molecule has 0 aromatic heterocycles. The lowest BCUT2D eigenvalue weighted by molar-refractivity contribution is -0.220. The predicted molar refractivity (Wildman–Crippen MR) is 54.1 cm³/mol. The van der Waals surface area contributed by atoms with Gasteiger partial charge < -0.3 is 23.7 Å². The zero-order chi connectivity index (χ0) is 12.1. The smallest absolute Gasteiger partial charge is 0.338 e. The third kappa shape index (κ3) is 2.52. The van der Waals surface area contributed by atoms with E-state index in [1.807, 2.05) is 0 Å². The first-order chi connectivity index (χ1) is 7.69. The van der Waals surface area contributed by atoms with Crippen LogP contribution in [-0.4, -0.2) is 65.4 Å². The number of methoxy groups -OCH3 is 4. The van der Waals surface area contributed by atoms with Gasteiger partial charge in [0.05, 0.1) is 6.61 Å². The molecule has 6 nitrogen and oxygen atoms in total. The normalized spacial score (nSPS) is 34.9. The molecule has 1 saturated heterocycles. The molecule has 1 fully saturated rings. The topological polar surface area (TPSA) is 63.2 Å². The van der Waals surface area contributed by atoms with Crippen LogP contribution in [0.25, 0.3) is 0 Å². The van der Waals surface area contributed by atoms with Gasteiger partial charge in [-0.15, -0.1) is 0 Å². The molecular formula is C10H18O6. The minimum absolute atomic E-state index is 0.264. The Balaban J connectivity index is 2.83. The van der Waals surface area contributed by atoms with Crippen molar-refractivity contribution in [2.24, 2.45) is 0 Å². The van der Waals surface area contributed by atoms with E-state index in [-0.39, 0.29) is 6.61 Å². The summed E-state index contributed by atoms with van der Waals surface area (Å²) in [5.41, 5.74) is 0. The van der Waals surface area contributed by atoms with E-state index >= 15 is 0 Å². The van der Waals surface area contributed by atoms with Gasteiger partial charge in [-0.3, -0.25) is 0 Å². The molecular weight excluding hydrogens is 216 g/mol. The summed E-state index contributed by atoms with van der Waals surface area (Å²) in [5.74, 6) is -0.454. The predicted octanol–water partition coefficient (Wildman–Crippen LogP) is -0.397. The summed E-state index contributed by atoms with van der Waals surface area (Å²) in [6.45, 7) is 0.264. The van der Waals surface area contributed by atoms with Gasteiger partial charge in [-0.25, -0.2) is 4.79 Å². The van der Waals surface area contributed by atoms with Gasteiger partial charge in [0.15, 0.2) is 12.2 Å². The van der Waals surface area contributed by atoms with Gasteiger partial charge in [0, 0.05) is 28.4 Å². The van der Waals surface area contributed by atoms with Crippen molar-refractivity contribution < 1.29 is 28.5 Å². The summed E-state index contributed by atoms with van der Waals surface area (Å²) in [5, 5.41) is 0. The molecule has 0 saturated carbocycles. The summed E-state index contributed by atoms with van der Waals surface area (Å²) in [6, 6.07) is 0. The molecule has 4 atom stereocenters. The zero-order valence-corrected chi connectivity index (χ0v) is 9.97. The number of carbonyl (C=O) groups is 1. The van der Waals surface area contributed by atoms with E-state index in [1.54, 1.807) is 0 Å². The highest BCUT2D eigenvalue weighted by Crippen LogP contribution is 2.23. The molecule has 0 N–H and O–H groups in total. The quantitative estimate of drug-likeness (QED) is 0.603. The third-order valence-electron chi connectivity index (χ3n) is 2.62. The van der Waals surface area contributed by atoms with Gasteiger partial charge in [-0.05, 0) is 0 Å². The SMILES string of the molecule is COCC1OC(=O)C(OC)C(OC)[C@H]1OC. The lowest BCUT2D eigenvalue weighted by atomic mass is 9.99. The van der Waals surface area contributed by atoms with Crippen LogP contribution in [0, 0.1) is 0 Å². The molecule has 0 aliphatic carbocycles. The maximum Gasteiger partial charge on any atom is 0.338 e. The van der Waals surface area contributed by atoms with E-state index in [0.29, 0.717) is 0 Å². The van der Waals surface area contributed by atoms with Gasteiger partial charge >= 0.3 is 5.97 Å². The number of esters is 1. The van der Waals surface area contributed by atoms with Crippen molar-refractivity contribution in [3.8, 4) is 0 Å². The Hall–Kier alpha value is -0.690. The molecule has 0 aromatic rings. The Morgan fingerprint density at radius 3 is 2.12 bits per heavy atom. The van der Waals surface area contributed by atoms with Gasteiger partial charge in [-0.2, -0.15) is 0 Å². The lowest BCUT2D eigenvalue weighted by Gasteiger charge is -2.39. The van der Waals surface area contributed by atoms with Crippen LogP contribution in [0.15, 0.2) is 0 Å². The van der Waals surface area contributed by atoms with Crippen molar-refractivity contribution in [1.29, 1.82) is 0 Å². The van der Waals surface area contributed by atoms with E-state index in [2.05, 4.69) is 0 Å². The highest BCUT2D eigenvalue weighted by Gasteiger charge is 2.47. The molecule has 1 rings (SSSR count). The molecule has 1 aliphatic heterocycles. The fourth-order valence-electron chi connectivity index (χ4n) is 1.87. The van der Waals surface area contributed by atoms with Crippen molar-refractivity contribution in [3.63, 3.8) is 0 Å². The van der Waals surface area contributed by atoms with Crippen LogP contribution in [0.5, 0.6) is 0 Å². The first-order valence-corrected chi connectivity index (χ1v) is 4.97. The molecule has 0 radical (unpaired) electrons. The largest absolute Gasteiger partial charge is 0.455 e. The first kappa shape index (κ1) is 13.4. The molecule has 0 aromatic carbocycles. The van der Waals surface area contributed by atoms with Crippen LogP contribution in [-0.2, 0) is 28.5 Å². The monoisotopic (exact) mass is 234 g/mol. The number of rotatable bonds is 5. The molecule has 1 heterocycles. The molecule has 0 spiro atoms. The fourth-order valence-corrected chi connectivity index (χ4v) is 1.87. The maximum absolute atomic E-state index is 11.6. The minimum Gasteiger partial charge on any atom is -0.455 e. The van der Waals surface area contributed by atoms with Crippen molar-refractivity contribution >= 4 is 5.97 Å². The van der Waals surface area contributed by atoms with Crippen molar-refractivity contribution in [2.75, 3.05) is 35.0 Å². The summed E-state index contributed by atoms with van der Waals surface area (Å²) in [7, 11) is 6.00. The minimum atomic E-state index is -0.761. The maximum atomic E-state index is 11.6. The van der Waals surface area contributed by atoms with Crippen molar-refractivity contribution in [2.45, 2.75) is 24.4 Å². The standard InChI is InChI=1S/C10H18O6/c1-12-5-6-7(13-2)8(14-3)9(15-4)10(11)16-6/h6-9H,5H2,1-4H3/t6?,7-,8?,9?/m0/s1. The van der Waals surface area contributed by atoms with Gasteiger partial charge in [0.1, 0.15) is 12.2 Å². The van der Waals surface area contributed by atoms with Crippen LogP contribution >= 0.6 is 0 Å². The van der Waals surface area contributed by atoms with E-state index in [0.717, 1.165) is 0 Å². The fraction of sp³-hybridized carbons (Fsp3) is 0.900. The van der Waals surface area contributed by atoms with Crippen LogP contribution in [0.4, 0.5) is 0 Å². The second-order valence-electron chi connectivity index (χ2n) is 3.49. The summed E-state index contributed by atoms with van der Waals surface area (Å²) < 4.78 is 25.7. The lowest BCUT2D eigenvalue weighted by Crippen LogP contribution is -2.58. The highest BCUT2D eigenvalue weighted by molar-refractivity contribution is 5.76. The van der Waals surface area contributed by atoms with E-state index in [9.17, 15) is 4.79 Å². The second-order valence-corrected chi connectivity index (χ2v) is 3.49. The molecule has 0 amide bonds. The highest BCUT2D eigenvalue weighted by atomic mass is 16.6. The Labute approximate surface area is 94.7 Å². The zero-order valence-electron chi connectivity index (χ0n) is 9.97. The number of cyclic esters (lactones) is 1. The number of hydrogen-bond donors (Lipinski definition) is 0. The van der Waals surface area contributed by atoms with Crippen LogP contribution in [0.3, 0.4) is 0 Å². The Kier molecular flexibility index (Phi) is 5.14. The molecule has 0 bridgehead atoms. The Bertz CT molecular complexity index is 231. The first-order valence-electron chi connectivity index (χ1n) is 4.97. The number of ether oxygens (including phenoxy) is 5. The Morgan fingerprint density at radius 2 is 1.69 bits per heavy atom. The van der Waals surface area contributed by atoms with Crippen molar-refractivity contribution in [3.05, 3.63) is 0 Å². The van der Waals surface area contributed by atoms with E-state index in [1.165, 1.54) is 28.4 Å². The molecule has 3 unspecified atom stereocenters. The average Bonchev–Trinajstić information content (AvgIpc) is 2.28. The molecule has 16 heavy (non-hydrogen) atoms. The van der Waals surface area contributed by atoms with E-state index < -0.39 is 30.4 Å². The van der Waals surface area contributed by atoms with Crippen molar-refractivity contribution in [1.82, 2.24) is 0 Å². The molecule has 1 aliphatic rings. The molecule has 94 valence electrons. The Morgan fingerprint density at radius 1 is 1.06 bits per heavy atom. The summed E-state index contributed by atoms with van der Waals surface area (Å²) >= 11 is 0. The van der Waals surface area contributed by atoms with Crippen LogP contribution in [0.2, 0.25) is 0 Å². The second kappa shape index (κ2) is 6.15. The number of carbonyl (C=O) groups excluding carboxylic acids is 1. The van der Waals surface area contributed by atoms with Gasteiger partial charge in [0.25, 0.3) is 0 Å². The summed E-state index contributed by atoms with van der Waals surface area (Å²) in [6.07, 6.45) is -2.12. The van der Waals surface area contributed by atoms with Crippen LogP contribution in [0.1, 0.15) is 0 Å².